The number of hydrogen-bond donors (Lipinski definition) is 0. The quantitative estimate of drug-likeness (QED) is 0.526. The summed E-state index contributed by atoms with van der Waals surface area (Å²) < 4.78 is 0. The van der Waals surface area contributed by atoms with Gasteiger partial charge in [0.25, 0.3) is 0 Å². The van der Waals surface area contributed by atoms with Gasteiger partial charge in [-0.05, 0) is 44.2 Å². The average Bonchev–Trinajstić information content (AvgIpc) is 2.43. The van der Waals surface area contributed by atoms with Gasteiger partial charge in [0.1, 0.15) is 0 Å². The van der Waals surface area contributed by atoms with E-state index in [0.717, 1.165) is 0 Å². The fraction of sp³-hybridized carbons (Fsp3) is 1.00. The number of nitrogens with zero attached hydrogens (tertiary/aromatic N) is 1. The molecule has 0 amide bonds. The van der Waals surface area contributed by atoms with Crippen molar-refractivity contribution in [1.29, 1.82) is 0 Å². The van der Waals surface area contributed by atoms with Gasteiger partial charge < -0.3 is 4.90 Å². The Kier molecular flexibility index (Phi) is 8.58. The molecule has 0 aromatic heterocycles. The van der Waals surface area contributed by atoms with Crippen LogP contribution in [0.25, 0.3) is 0 Å². The van der Waals surface area contributed by atoms with Gasteiger partial charge in [-0.25, -0.2) is 0 Å². The Morgan fingerprint density at radius 1 is 0.944 bits per heavy atom. The third-order valence-electron chi connectivity index (χ3n) is 4.41. The summed E-state index contributed by atoms with van der Waals surface area (Å²) in [5.74, 6) is 0. The molecule has 1 rings (SSSR count). The van der Waals surface area contributed by atoms with Crippen molar-refractivity contribution in [2.75, 3.05) is 25.0 Å². The Hall–Kier alpha value is 0.440. The molecule has 2 heteroatoms. The van der Waals surface area contributed by atoms with Gasteiger partial charge in [-0.15, -0.1) is 0 Å². The summed E-state index contributed by atoms with van der Waals surface area (Å²) in [5, 5.41) is 1.20. The number of unbranched alkanes of at least 4 members (excludes halogenated alkanes) is 2. The Balaban J connectivity index is 2.49. The molecule has 108 valence electrons. The summed E-state index contributed by atoms with van der Waals surface area (Å²) in [6.45, 7) is 8.56. The molecule has 1 fully saturated rings. The van der Waals surface area contributed by atoms with E-state index in [2.05, 4.69) is 34.7 Å². The Morgan fingerprint density at radius 2 is 1.50 bits per heavy atom. The standard InChI is InChI=1S/C16H32BrN/c1-3-5-12-18(13-6-4-2)15-16(14-17)10-8-7-9-11-16/h3-15H2,1-2H3. The van der Waals surface area contributed by atoms with E-state index in [1.165, 1.54) is 82.8 Å². The van der Waals surface area contributed by atoms with Crippen LogP contribution >= 0.6 is 15.9 Å². The van der Waals surface area contributed by atoms with Crippen LogP contribution in [0, 0.1) is 5.41 Å². The van der Waals surface area contributed by atoms with Crippen molar-refractivity contribution in [3.63, 3.8) is 0 Å². The van der Waals surface area contributed by atoms with Crippen LogP contribution in [0.3, 0.4) is 0 Å². The van der Waals surface area contributed by atoms with Gasteiger partial charge in [0.2, 0.25) is 0 Å². The second-order valence-electron chi connectivity index (χ2n) is 6.18. The zero-order valence-electron chi connectivity index (χ0n) is 12.5. The van der Waals surface area contributed by atoms with Gasteiger partial charge in [-0.3, -0.25) is 0 Å². The fourth-order valence-corrected chi connectivity index (χ4v) is 3.88. The van der Waals surface area contributed by atoms with Crippen LogP contribution < -0.4 is 0 Å². The topological polar surface area (TPSA) is 3.24 Å². The SMILES string of the molecule is CCCCN(CCCC)CC1(CBr)CCCCC1. The van der Waals surface area contributed by atoms with Gasteiger partial charge >= 0.3 is 0 Å². The van der Waals surface area contributed by atoms with E-state index in [-0.39, 0.29) is 0 Å². The number of halogens is 1. The van der Waals surface area contributed by atoms with Gasteiger partial charge in [-0.1, -0.05) is 61.9 Å². The molecule has 0 aromatic rings. The number of alkyl halides is 1. The third-order valence-corrected chi connectivity index (χ3v) is 5.60. The molecular formula is C16H32BrN. The maximum Gasteiger partial charge on any atom is 0.0100 e. The van der Waals surface area contributed by atoms with E-state index in [4.69, 9.17) is 0 Å². The van der Waals surface area contributed by atoms with Crippen molar-refractivity contribution >= 4 is 15.9 Å². The van der Waals surface area contributed by atoms with Crippen molar-refractivity contribution in [2.45, 2.75) is 71.6 Å². The summed E-state index contributed by atoms with van der Waals surface area (Å²) in [6.07, 6.45) is 12.6. The minimum atomic E-state index is 0.583. The van der Waals surface area contributed by atoms with Crippen LogP contribution in [-0.2, 0) is 0 Å². The predicted molar refractivity (Wildman–Crippen MR) is 85.6 cm³/mol. The van der Waals surface area contributed by atoms with Crippen molar-refractivity contribution in [2.24, 2.45) is 5.41 Å². The van der Waals surface area contributed by atoms with Crippen LogP contribution in [0.15, 0.2) is 0 Å². The lowest BCUT2D eigenvalue weighted by molar-refractivity contribution is 0.124. The van der Waals surface area contributed by atoms with Crippen LogP contribution in [0.2, 0.25) is 0 Å². The van der Waals surface area contributed by atoms with Crippen LogP contribution in [-0.4, -0.2) is 29.9 Å². The van der Waals surface area contributed by atoms with Crippen molar-refractivity contribution in [1.82, 2.24) is 4.90 Å². The molecule has 0 N–H and O–H groups in total. The molecule has 1 aliphatic carbocycles. The van der Waals surface area contributed by atoms with Crippen LogP contribution in [0.1, 0.15) is 71.6 Å². The zero-order chi connectivity index (χ0) is 13.3. The third kappa shape index (κ3) is 5.61. The summed E-state index contributed by atoms with van der Waals surface area (Å²) in [6, 6.07) is 0. The molecular weight excluding hydrogens is 286 g/mol. The first-order valence-corrected chi connectivity index (χ1v) is 9.17. The largest absolute Gasteiger partial charge is 0.303 e. The molecule has 1 saturated carbocycles. The highest BCUT2D eigenvalue weighted by Crippen LogP contribution is 2.38. The molecule has 18 heavy (non-hydrogen) atoms. The molecule has 0 heterocycles. The van der Waals surface area contributed by atoms with Gasteiger partial charge in [0.15, 0.2) is 0 Å². The molecule has 1 nitrogen and oxygen atoms in total. The molecule has 0 spiro atoms. The molecule has 0 aliphatic heterocycles. The minimum Gasteiger partial charge on any atom is -0.303 e. The maximum absolute atomic E-state index is 3.81. The number of hydrogen-bond acceptors (Lipinski definition) is 1. The lowest BCUT2D eigenvalue weighted by Crippen LogP contribution is -2.41. The summed E-state index contributed by atoms with van der Waals surface area (Å²) in [4.78, 5) is 2.75. The summed E-state index contributed by atoms with van der Waals surface area (Å²) in [5.41, 5.74) is 0.583. The normalized spacial score (nSPS) is 19.3. The lowest BCUT2D eigenvalue weighted by Gasteiger charge is -2.40. The van der Waals surface area contributed by atoms with Crippen LogP contribution in [0.5, 0.6) is 0 Å². The molecule has 0 radical (unpaired) electrons. The molecule has 0 saturated heterocycles. The number of rotatable bonds is 9. The van der Waals surface area contributed by atoms with E-state index in [9.17, 15) is 0 Å². The van der Waals surface area contributed by atoms with E-state index >= 15 is 0 Å². The summed E-state index contributed by atoms with van der Waals surface area (Å²) in [7, 11) is 0. The van der Waals surface area contributed by atoms with E-state index in [1.54, 1.807) is 0 Å². The second-order valence-corrected chi connectivity index (χ2v) is 6.74. The monoisotopic (exact) mass is 317 g/mol. The molecule has 0 bridgehead atoms. The first-order valence-electron chi connectivity index (χ1n) is 8.04. The van der Waals surface area contributed by atoms with Crippen molar-refractivity contribution < 1.29 is 0 Å². The smallest absolute Gasteiger partial charge is 0.0100 e. The molecule has 1 aliphatic rings. The predicted octanol–water partition coefficient (Wildman–Crippen LogP) is 5.23. The van der Waals surface area contributed by atoms with E-state index in [0.29, 0.717) is 5.41 Å². The van der Waals surface area contributed by atoms with E-state index in [1.807, 2.05) is 0 Å². The minimum absolute atomic E-state index is 0.583. The Morgan fingerprint density at radius 3 is 1.94 bits per heavy atom. The fourth-order valence-electron chi connectivity index (χ4n) is 3.14. The Bertz CT molecular complexity index is 191. The summed E-state index contributed by atoms with van der Waals surface area (Å²) >= 11 is 3.81. The van der Waals surface area contributed by atoms with Gasteiger partial charge in [0, 0.05) is 11.9 Å². The second kappa shape index (κ2) is 9.36. The van der Waals surface area contributed by atoms with Crippen molar-refractivity contribution in [3.8, 4) is 0 Å². The molecule has 0 atom stereocenters. The molecule has 0 aromatic carbocycles. The van der Waals surface area contributed by atoms with E-state index < -0.39 is 0 Å². The van der Waals surface area contributed by atoms with Gasteiger partial charge in [-0.2, -0.15) is 0 Å². The highest BCUT2D eigenvalue weighted by atomic mass is 79.9. The van der Waals surface area contributed by atoms with Crippen LogP contribution in [0.4, 0.5) is 0 Å². The van der Waals surface area contributed by atoms with Gasteiger partial charge in [0.05, 0.1) is 0 Å². The first-order chi connectivity index (χ1) is 8.76. The molecule has 0 unspecified atom stereocenters. The Labute approximate surface area is 123 Å². The highest BCUT2D eigenvalue weighted by Gasteiger charge is 2.32. The average molecular weight is 318 g/mol. The zero-order valence-corrected chi connectivity index (χ0v) is 14.1. The van der Waals surface area contributed by atoms with Crippen molar-refractivity contribution in [3.05, 3.63) is 0 Å². The first kappa shape index (κ1) is 16.5. The highest BCUT2D eigenvalue weighted by molar-refractivity contribution is 9.09. The maximum atomic E-state index is 3.81. The lowest BCUT2D eigenvalue weighted by atomic mass is 9.75.